The maximum Gasteiger partial charge on any atom is 0.573 e. The highest BCUT2D eigenvalue weighted by molar-refractivity contribution is 5.63. The van der Waals surface area contributed by atoms with Crippen LogP contribution in [0.4, 0.5) is 13.2 Å². The molecule has 5 heteroatoms. The molecule has 2 aromatic rings. The zero-order valence-electron chi connectivity index (χ0n) is 8.61. The maximum absolute atomic E-state index is 11.9. The van der Waals surface area contributed by atoms with Crippen molar-refractivity contribution in [2.45, 2.75) is 6.36 Å². The van der Waals surface area contributed by atoms with Crippen molar-refractivity contribution in [1.82, 2.24) is 4.98 Å². The predicted molar refractivity (Wildman–Crippen MR) is 56.4 cm³/mol. The molecule has 0 aliphatic heterocycles. The Balaban J connectivity index is 2.19. The van der Waals surface area contributed by atoms with Crippen molar-refractivity contribution in [3.63, 3.8) is 0 Å². The molecule has 1 heterocycles. The van der Waals surface area contributed by atoms with E-state index in [4.69, 9.17) is 0 Å². The fourth-order valence-corrected chi connectivity index (χ4v) is 1.39. The molecule has 0 saturated carbocycles. The number of benzene rings is 1. The minimum absolute atomic E-state index is 0.227. The number of rotatable bonds is 2. The predicted octanol–water partition coefficient (Wildman–Crippen LogP) is 3.65. The molecule has 0 spiro atoms. The molecular formula is C12H8F3NO. The van der Waals surface area contributed by atoms with Crippen molar-refractivity contribution in [1.29, 1.82) is 0 Å². The molecule has 0 aliphatic carbocycles. The van der Waals surface area contributed by atoms with Crippen LogP contribution in [0.1, 0.15) is 0 Å². The third-order valence-corrected chi connectivity index (χ3v) is 2.10. The molecule has 2 rings (SSSR count). The Morgan fingerprint density at radius 3 is 1.88 bits per heavy atom. The molecule has 0 amide bonds. The molecule has 88 valence electrons. The van der Waals surface area contributed by atoms with Crippen LogP contribution in [0.2, 0.25) is 0 Å². The van der Waals surface area contributed by atoms with Gasteiger partial charge in [0.2, 0.25) is 0 Å². The molecule has 2 nitrogen and oxygen atoms in total. The topological polar surface area (TPSA) is 22.1 Å². The number of ether oxygens (including phenoxy) is 1. The fourth-order valence-electron chi connectivity index (χ4n) is 1.39. The van der Waals surface area contributed by atoms with Gasteiger partial charge in [-0.05, 0) is 35.4 Å². The van der Waals surface area contributed by atoms with Gasteiger partial charge in [0, 0.05) is 12.4 Å². The van der Waals surface area contributed by atoms with Gasteiger partial charge in [-0.25, -0.2) is 0 Å². The Labute approximate surface area is 95.7 Å². The van der Waals surface area contributed by atoms with E-state index in [-0.39, 0.29) is 5.75 Å². The van der Waals surface area contributed by atoms with Gasteiger partial charge in [-0.2, -0.15) is 0 Å². The normalized spacial score (nSPS) is 11.2. The molecule has 1 aromatic carbocycles. The molecule has 0 fully saturated rings. The van der Waals surface area contributed by atoms with Crippen LogP contribution in [0.25, 0.3) is 11.1 Å². The van der Waals surface area contributed by atoms with Crippen LogP contribution in [0, 0.1) is 0 Å². The SMILES string of the molecule is FC(F)(F)Oc1ccc(-c2ccncc2)cc1. The van der Waals surface area contributed by atoms with Crippen molar-refractivity contribution in [3.8, 4) is 16.9 Å². The van der Waals surface area contributed by atoms with Crippen LogP contribution >= 0.6 is 0 Å². The van der Waals surface area contributed by atoms with Crippen LogP contribution in [0.5, 0.6) is 5.75 Å². The van der Waals surface area contributed by atoms with E-state index in [1.54, 1.807) is 36.7 Å². The number of halogens is 3. The molecular weight excluding hydrogens is 231 g/mol. The lowest BCUT2D eigenvalue weighted by molar-refractivity contribution is -0.274. The summed E-state index contributed by atoms with van der Waals surface area (Å²) in [5, 5.41) is 0. The first-order valence-electron chi connectivity index (χ1n) is 4.81. The van der Waals surface area contributed by atoms with E-state index in [0.717, 1.165) is 11.1 Å². The zero-order valence-corrected chi connectivity index (χ0v) is 8.61. The highest BCUT2D eigenvalue weighted by Crippen LogP contribution is 2.25. The summed E-state index contributed by atoms with van der Waals surface area (Å²) in [6, 6.07) is 9.25. The maximum atomic E-state index is 11.9. The van der Waals surface area contributed by atoms with Gasteiger partial charge in [-0.3, -0.25) is 4.98 Å². The van der Waals surface area contributed by atoms with Crippen molar-refractivity contribution in [2.24, 2.45) is 0 Å². The fraction of sp³-hybridized carbons (Fsp3) is 0.0833. The molecule has 0 radical (unpaired) electrons. The van der Waals surface area contributed by atoms with Gasteiger partial charge in [0.25, 0.3) is 0 Å². The number of alkyl halides is 3. The van der Waals surface area contributed by atoms with Gasteiger partial charge >= 0.3 is 6.36 Å². The smallest absolute Gasteiger partial charge is 0.406 e. The average molecular weight is 239 g/mol. The minimum Gasteiger partial charge on any atom is -0.406 e. The third-order valence-electron chi connectivity index (χ3n) is 2.10. The summed E-state index contributed by atoms with van der Waals surface area (Å²) < 4.78 is 39.6. The number of hydrogen-bond donors (Lipinski definition) is 0. The van der Waals surface area contributed by atoms with Gasteiger partial charge in [-0.1, -0.05) is 12.1 Å². The van der Waals surface area contributed by atoms with E-state index >= 15 is 0 Å². The first-order valence-corrected chi connectivity index (χ1v) is 4.81. The summed E-state index contributed by atoms with van der Waals surface area (Å²) in [6.07, 6.45) is -1.41. The summed E-state index contributed by atoms with van der Waals surface area (Å²) >= 11 is 0. The van der Waals surface area contributed by atoms with E-state index in [9.17, 15) is 13.2 Å². The summed E-state index contributed by atoms with van der Waals surface area (Å²) in [4.78, 5) is 3.86. The van der Waals surface area contributed by atoms with Crippen molar-refractivity contribution < 1.29 is 17.9 Å². The zero-order chi connectivity index (χ0) is 12.3. The Bertz CT molecular complexity index is 479. The molecule has 0 unspecified atom stereocenters. The first kappa shape index (κ1) is 11.4. The lowest BCUT2D eigenvalue weighted by Crippen LogP contribution is -2.16. The van der Waals surface area contributed by atoms with E-state index < -0.39 is 6.36 Å². The van der Waals surface area contributed by atoms with Crippen LogP contribution in [-0.2, 0) is 0 Å². The van der Waals surface area contributed by atoms with E-state index in [0.29, 0.717) is 0 Å². The molecule has 0 saturated heterocycles. The van der Waals surface area contributed by atoms with Gasteiger partial charge in [0.05, 0.1) is 0 Å². The van der Waals surface area contributed by atoms with Crippen LogP contribution in [0.15, 0.2) is 48.8 Å². The molecule has 0 aliphatic rings. The lowest BCUT2D eigenvalue weighted by atomic mass is 10.1. The second kappa shape index (κ2) is 4.45. The van der Waals surface area contributed by atoms with E-state index in [2.05, 4.69) is 9.72 Å². The lowest BCUT2D eigenvalue weighted by Gasteiger charge is -2.09. The molecule has 17 heavy (non-hydrogen) atoms. The number of hydrogen-bond acceptors (Lipinski definition) is 2. The second-order valence-corrected chi connectivity index (χ2v) is 3.31. The second-order valence-electron chi connectivity index (χ2n) is 3.31. The van der Waals surface area contributed by atoms with Crippen molar-refractivity contribution >= 4 is 0 Å². The quantitative estimate of drug-likeness (QED) is 0.798. The van der Waals surface area contributed by atoms with Gasteiger partial charge in [0.1, 0.15) is 5.75 Å². The highest BCUT2D eigenvalue weighted by Gasteiger charge is 2.30. The van der Waals surface area contributed by atoms with Crippen LogP contribution in [0.3, 0.4) is 0 Å². The summed E-state index contributed by atoms with van der Waals surface area (Å²) in [6.45, 7) is 0. The summed E-state index contributed by atoms with van der Waals surface area (Å²) in [5.74, 6) is -0.227. The van der Waals surface area contributed by atoms with Crippen molar-refractivity contribution in [2.75, 3.05) is 0 Å². The Hall–Kier alpha value is -2.04. The monoisotopic (exact) mass is 239 g/mol. The minimum atomic E-state index is -4.65. The van der Waals surface area contributed by atoms with E-state index in [1.165, 1.54) is 12.1 Å². The Morgan fingerprint density at radius 2 is 1.35 bits per heavy atom. The highest BCUT2D eigenvalue weighted by atomic mass is 19.4. The van der Waals surface area contributed by atoms with Gasteiger partial charge in [0.15, 0.2) is 0 Å². The average Bonchev–Trinajstić information content (AvgIpc) is 2.29. The Morgan fingerprint density at radius 1 is 0.824 bits per heavy atom. The van der Waals surface area contributed by atoms with Crippen LogP contribution in [-0.4, -0.2) is 11.3 Å². The van der Waals surface area contributed by atoms with Crippen molar-refractivity contribution in [3.05, 3.63) is 48.8 Å². The number of aromatic nitrogens is 1. The van der Waals surface area contributed by atoms with Gasteiger partial charge in [-0.15, -0.1) is 13.2 Å². The number of pyridine rings is 1. The Kier molecular flexibility index (Phi) is 2.99. The van der Waals surface area contributed by atoms with Gasteiger partial charge < -0.3 is 4.74 Å². The standard InChI is InChI=1S/C12H8F3NO/c13-12(14,15)17-11-3-1-9(2-4-11)10-5-7-16-8-6-10/h1-8H. The molecule has 1 aromatic heterocycles. The molecule has 0 N–H and O–H groups in total. The third kappa shape index (κ3) is 3.21. The number of nitrogens with zero attached hydrogens (tertiary/aromatic N) is 1. The summed E-state index contributed by atoms with van der Waals surface area (Å²) in [7, 11) is 0. The summed E-state index contributed by atoms with van der Waals surface area (Å²) in [5.41, 5.74) is 1.69. The van der Waals surface area contributed by atoms with Crippen LogP contribution < -0.4 is 4.74 Å². The molecule has 0 bridgehead atoms. The van der Waals surface area contributed by atoms with E-state index in [1.807, 2.05) is 0 Å². The largest absolute Gasteiger partial charge is 0.573 e. The molecule has 0 atom stereocenters. The first-order chi connectivity index (χ1) is 8.04.